The first kappa shape index (κ1) is 13.2. The fourth-order valence-electron chi connectivity index (χ4n) is 1.42. The predicted molar refractivity (Wildman–Crippen MR) is 59.6 cm³/mol. The van der Waals surface area contributed by atoms with Gasteiger partial charge < -0.3 is 14.1 Å². The Kier molecular flexibility index (Phi) is 4.25. The molecule has 0 aliphatic rings. The van der Waals surface area contributed by atoms with Crippen LogP contribution < -0.4 is 0 Å². The fourth-order valence-corrected chi connectivity index (χ4v) is 1.42. The van der Waals surface area contributed by atoms with Gasteiger partial charge in [-0.15, -0.1) is 0 Å². The number of esters is 1. The molecule has 0 aliphatic carbocycles. The summed E-state index contributed by atoms with van der Waals surface area (Å²) in [6, 6.07) is 0. The van der Waals surface area contributed by atoms with Crippen LogP contribution in [-0.2, 0) is 9.53 Å². The maximum atomic E-state index is 12.0. The topological polar surface area (TPSA) is 72.6 Å². The lowest BCUT2D eigenvalue weighted by molar-refractivity contribution is -0.141. The summed E-state index contributed by atoms with van der Waals surface area (Å²) in [4.78, 5) is 28.6. The van der Waals surface area contributed by atoms with E-state index in [0.29, 0.717) is 18.1 Å². The van der Waals surface area contributed by atoms with Gasteiger partial charge >= 0.3 is 5.97 Å². The highest BCUT2D eigenvalue weighted by molar-refractivity contribution is 5.94. The summed E-state index contributed by atoms with van der Waals surface area (Å²) < 4.78 is 9.74. The molecule has 0 fully saturated rings. The van der Waals surface area contributed by atoms with E-state index in [2.05, 4.69) is 9.72 Å². The van der Waals surface area contributed by atoms with E-state index in [1.807, 2.05) is 0 Å². The van der Waals surface area contributed by atoms with Crippen molar-refractivity contribution in [3.8, 4) is 0 Å². The van der Waals surface area contributed by atoms with Gasteiger partial charge in [0.05, 0.1) is 12.8 Å². The molecular weight excluding hydrogens is 224 g/mol. The van der Waals surface area contributed by atoms with Crippen molar-refractivity contribution in [2.75, 3.05) is 20.2 Å². The summed E-state index contributed by atoms with van der Waals surface area (Å²) in [6.45, 7) is 5.44. The Hall–Kier alpha value is -1.85. The Bertz CT molecular complexity index is 425. The van der Waals surface area contributed by atoms with Gasteiger partial charge in [-0.3, -0.25) is 9.59 Å². The lowest BCUT2D eigenvalue weighted by Crippen LogP contribution is -2.36. The molecule has 0 unspecified atom stereocenters. The fraction of sp³-hybridized carbons (Fsp3) is 0.545. The molecule has 0 atom stereocenters. The van der Waals surface area contributed by atoms with Crippen LogP contribution in [0.2, 0.25) is 0 Å². The molecule has 1 heterocycles. The van der Waals surface area contributed by atoms with Crippen LogP contribution in [0.25, 0.3) is 0 Å². The van der Waals surface area contributed by atoms with Gasteiger partial charge in [0, 0.05) is 13.5 Å². The maximum Gasteiger partial charge on any atom is 0.325 e. The molecule has 0 spiro atoms. The Labute approximate surface area is 99.6 Å². The van der Waals surface area contributed by atoms with Crippen LogP contribution in [0.3, 0.4) is 0 Å². The van der Waals surface area contributed by atoms with Gasteiger partial charge in [0.2, 0.25) is 5.76 Å². The summed E-state index contributed by atoms with van der Waals surface area (Å²) in [5, 5.41) is 0. The monoisotopic (exact) mass is 240 g/mol. The van der Waals surface area contributed by atoms with Crippen LogP contribution in [-0.4, -0.2) is 42.0 Å². The lowest BCUT2D eigenvalue weighted by Gasteiger charge is -2.17. The van der Waals surface area contributed by atoms with Crippen LogP contribution in [0, 0.1) is 13.8 Å². The first-order valence-corrected chi connectivity index (χ1v) is 5.29. The summed E-state index contributed by atoms with van der Waals surface area (Å²) in [5.41, 5.74) is 0.524. The molecule has 0 aliphatic heterocycles. The number of aryl methyl sites for hydroxylation is 2. The van der Waals surface area contributed by atoms with Crippen molar-refractivity contribution in [1.29, 1.82) is 0 Å². The number of amides is 1. The first-order chi connectivity index (χ1) is 7.99. The largest absolute Gasteiger partial charge is 0.468 e. The molecule has 1 aromatic rings. The van der Waals surface area contributed by atoms with E-state index < -0.39 is 5.97 Å². The molecule has 1 rings (SSSR count). The second-order valence-electron chi connectivity index (χ2n) is 3.54. The van der Waals surface area contributed by atoms with Crippen LogP contribution in [0.4, 0.5) is 0 Å². The zero-order valence-corrected chi connectivity index (χ0v) is 10.4. The molecule has 1 aromatic heterocycles. The highest BCUT2D eigenvalue weighted by Crippen LogP contribution is 2.12. The SMILES string of the molecule is CCN(CC(=O)OC)C(=O)c1oc(C)nc1C. The second-order valence-corrected chi connectivity index (χ2v) is 3.54. The van der Waals surface area contributed by atoms with E-state index in [4.69, 9.17) is 4.42 Å². The summed E-state index contributed by atoms with van der Waals surface area (Å²) >= 11 is 0. The average Bonchev–Trinajstić information content (AvgIpc) is 2.64. The van der Waals surface area contributed by atoms with Crippen molar-refractivity contribution in [2.45, 2.75) is 20.8 Å². The minimum atomic E-state index is -0.464. The van der Waals surface area contributed by atoms with Crippen molar-refractivity contribution >= 4 is 11.9 Å². The van der Waals surface area contributed by atoms with Crippen molar-refractivity contribution in [2.24, 2.45) is 0 Å². The van der Waals surface area contributed by atoms with E-state index in [1.54, 1.807) is 20.8 Å². The summed E-state index contributed by atoms with van der Waals surface area (Å²) in [6.07, 6.45) is 0. The smallest absolute Gasteiger partial charge is 0.325 e. The van der Waals surface area contributed by atoms with E-state index >= 15 is 0 Å². The summed E-state index contributed by atoms with van der Waals surface area (Å²) in [7, 11) is 1.28. The van der Waals surface area contributed by atoms with Crippen LogP contribution in [0.5, 0.6) is 0 Å². The number of hydrogen-bond acceptors (Lipinski definition) is 5. The molecule has 0 saturated heterocycles. The van der Waals surface area contributed by atoms with E-state index in [1.165, 1.54) is 12.0 Å². The van der Waals surface area contributed by atoms with E-state index in [0.717, 1.165) is 0 Å². The number of nitrogens with zero attached hydrogens (tertiary/aromatic N) is 2. The molecule has 0 saturated carbocycles. The van der Waals surface area contributed by atoms with Gasteiger partial charge in [-0.25, -0.2) is 4.98 Å². The first-order valence-electron chi connectivity index (χ1n) is 5.29. The van der Waals surface area contributed by atoms with Gasteiger partial charge in [0.1, 0.15) is 6.54 Å². The Morgan fingerprint density at radius 3 is 2.47 bits per heavy atom. The molecule has 6 heteroatoms. The molecule has 0 N–H and O–H groups in total. The van der Waals surface area contributed by atoms with Gasteiger partial charge in [-0.1, -0.05) is 0 Å². The zero-order valence-electron chi connectivity index (χ0n) is 10.4. The number of methoxy groups -OCH3 is 1. The number of aromatic nitrogens is 1. The third-order valence-electron chi connectivity index (χ3n) is 2.31. The molecule has 6 nitrogen and oxygen atoms in total. The van der Waals surface area contributed by atoms with Crippen LogP contribution >= 0.6 is 0 Å². The Balaban J connectivity index is 2.86. The van der Waals surface area contributed by atoms with Gasteiger partial charge in [-0.05, 0) is 13.8 Å². The highest BCUT2D eigenvalue weighted by atomic mass is 16.5. The molecule has 0 bridgehead atoms. The van der Waals surface area contributed by atoms with Crippen LogP contribution in [0.1, 0.15) is 29.1 Å². The Morgan fingerprint density at radius 1 is 1.41 bits per heavy atom. The third kappa shape index (κ3) is 3.05. The minimum Gasteiger partial charge on any atom is -0.468 e. The maximum absolute atomic E-state index is 12.0. The normalized spacial score (nSPS) is 10.1. The molecule has 0 radical (unpaired) electrons. The molecule has 17 heavy (non-hydrogen) atoms. The number of likely N-dealkylation sites (N-methyl/N-ethyl adjacent to an activating group) is 1. The van der Waals surface area contributed by atoms with Gasteiger partial charge in [-0.2, -0.15) is 0 Å². The number of carbonyl (C=O) groups is 2. The van der Waals surface area contributed by atoms with Crippen molar-refractivity contribution in [1.82, 2.24) is 9.88 Å². The second kappa shape index (κ2) is 5.47. The number of rotatable bonds is 4. The number of carbonyl (C=O) groups excluding carboxylic acids is 2. The van der Waals surface area contributed by atoms with Crippen LogP contribution in [0.15, 0.2) is 4.42 Å². The van der Waals surface area contributed by atoms with E-state index in [-0.39, 0.29) is 18.2 Å². The zero-order chi connectivity index (χ0) is 13.0. The lowest BCUT2D eigenvalue weighted by atomic mass is 10.3. The van der Waals surface area contributed by atoms with Crippen molar-refractivity contribution in [3.63, 3.8) is 0 Å². The Morgan fingerprint density at radius 2 is 2.06 bits per heavy atom. The number of ether oxygens (including phenoxy) is 1. The van der Waals surface area contributed by atoms with E-state index in [9.17, 15) is 9.59 Å². The molecular formula is C11H16N2O4. The van der Waals surface area contributed by atoms with Crippen molar-refractivity contribution < 1.29 is 18.7 Å². The predicted octanol–water partition coefficient (Wildman–Crippen LogP) is 0.927. The minimum absolute atomic E-state index is 0.0922. The molecule has 94 valence electrons. The number of oxazole rings is 1. The third-order valence-corrected chi connectivity index (χ3v) is 2.31. The molecule has 1 amide bonds. The molecule has 0 aromatic carbocycles. The summed E-state index contributed by atoms with van der Waals surface area (Å²) in [5.74, 6) is -0.210. The quantitative estimate of drug-likeness (QED) is 0.732. The average molecular weight is 240 g/mol. The highest BCUT2D eigenvalue weighted by Gasteiger charge is 2.23. The van der Waals surface area contributed by atoms with Gasteiger partial charge in [0.25, 0.3) is 5.91 Å². The number of hydrogen-bond donors (Lipinski definition) is 0. The standard InChI is InChI=1S/C11H16N2O4/c1-5-13(6-9(14)16-4)11(15)10-7(2)12-8(3)17-10/h5-6H2,1-4H3. The van der Waals surface area contributed by atoms with Crippen molar-refractivity contribution in [3.05, 3.63) is 17.3 Å². The van der Waals surface area contributed by atoms with Gasteiger partial charge in [0.15, 0.2) is 5.89 Å².